The van der Waals surface area contributed by atoms with Crippen LogP contribution in [-0.4, -0.2) is 28.5 Å². The third-order valence-corrected chi connectivity index (χ3v) is 6.41. The van der Waals surface area contributed by atoms with Crippen molar-refractivity contribution in [1.82, 2.24) is 9.88 Å². The lowest BCUT2D eigenvalue weighted by atomic mass is 10.1. The minimum atomic E-state index is 0.0358. The number of thiazole rings is 1. The molecule has 2 atom stereocenters. The minimum absolute atomic E-state index is 0.0358. The van der Waals surface area contributed by atoms with Crippen molar-refractivity contribution in [3.8, 4) is 10.6 Å². The van der Waals surface area contributed by atoms with Crippen LogP contribution in [0.5, 0.6) is 0 Å². The predicted octanol–water partition coefficient (Wildman–Crippen LogP) is 4.98. The highest BCUT2D eigenvalue weighted by Gasteiger charge is 2.40. The summed E-state index contributed by atoms with van der Waals surface area (Å²) < 4.78 is 1.18. The molecule has 1 aliphatic heterocycles. The number of carbonyl (C=O) groups excluding carboxylic acids is 1. The Balaban J connectivity index is 1.38. The molecule has 2 heterocycles. The number of rotatable bonds is 2. The van der Waals surface area contributed by atoms with Gasteiger partial charge in [-0.05, 0) is 49.4 Å². The maximum absolute atomic E-state index is 12.6. The van der Waals surface area contributed by atoms with Gasteiger partial charge in [0.05, 0.1) is 10.2 Å². The van der Waals surface area contributed by atoms with E-state index in [-0.39, 0.29) is 6.03 Å². The number of fused-ring (bicyclic) bond motifs is 3. The quantitative estimate of drug-likeness (QED) is 0.709. The van der Waals surface area contributed by atoms with Crippen molar-refractivity contribution in [2.45, 2.75) is 25.3 Å². The van der Waals surface area contributed by atoms with Gasteiger partial charge in [-0.2, -0.15) is 0 Å². The van der Waals surface area contributed by atoms with Crippen LogP contribution < -0.4 is 5.32 Å². The van der Waals surface area contributed by atoms with E-state index in [1.54, 1.807) is 11.3 Å². The van der Waals surface area contributed by atoms with Gasteiger partial charge >= 0.3 is 6.03 Å². The molecule has 2 aromatic carbocycles. The molecule has 0 radical (unpaired) electrons. The second-order valence-electron chi connectivity index (χ2n) is 6.98. The van der Waals surface area contributed by atoms with E-state index in [4.69, 9.17) is 4.98 Å². The molecular formula is C20H19N3OS. The molecule has 1 saturated carbocycles. The molecule has 5 rings (SSSR count). The van der Waals surface area contributed by atoms with Gasteiger partial charge in [0.2, 0.25) is 0 Å². The first-order valence-electron chi connectivity index (χ1n) is 8.80. The number of aromatic nitrogens is 1. The Hall–Kier alpha value is -2.40. The molecule has 5 heteroatoms. The van der Waals surface area contributed by atoms with Crippen LogP contribution in [0.4, 0.5) is 10.5 Å². The van der Waals surface area contributed by atoms with E-state index in [0.717, 1.165) is 34.7 Å². The summed E-state index contributed by atoms with van der Waals surface area (Å²) in [6.07, 6.45) is 3.62. The number of anilines is 1. The molecule has 2 aliphatic rings. The van der Waals surface area contributed by atoms with E-state index >= 15 is 0 Å². The van der Waals surface area contributed by atoms with E-state index in [1.807, 2.05) is 47.4 Å². The van der Waals surface area contributed by atoms with E-state index in [0.29, 0.717) is 12.0 Å². The van der Waals surface area contributed by atoms with E-state index in [9.17, 15) is 4.79 Å². The van der Waals surface area contributed by atoms with E-state index in [2.05, 4.69) is 11.4 Å². The van der Waals surface area contributed by atoms with Crippen LogP contribution in [0, 0.1) is 5.92 Å². The zero-order valence-electron chi connectivity index (χ0n) is 13.8. The third kappa shape index (κ3) is 2.68. The molecule has 4 nitrogen and oxygen atoms in total. The fraction of sp³-hybridized carbons (Fsp3) is 0.300. The molecule has 2 fully saturated rings. The zero-order chi connectivity index (χ0) is 16.8. The average Bonchev–Trinajstić information content (AvgIpc) is 3.36. The summed E-state index contributed by atoms with van der Waals surface area (Å²) in [6.45, 7) is 0.911. The molecule has 2 amide bonds. The minimum Gasteiger partial charge on any atom is -0.321 e. The van der Waals surface area contributed by atoms with Crippen molar-refractivity contribution < 1.29 is 4.79 Å². The lowest BCUT2D eigenvalue weighted by Gasteiger charge is -2.27. The van der Waals surface area contributed by atoms with Crippen molar-refractivity contribution in [2.24, 2.45) is 5.92 Å². The number of likely N-dealkylation sites (tertiary alicyclic amines) is 1. The van der Waals surface area contributed by atoms with Crippen LogP contribution in [0.3, 0.4) is 0 Å². The van der Waals surface area contributed by atoms with Crippen molar-refractivity contribution in [2.75, 3.05) is 11.9 Å². The first kappa shape index (κ1) is 14.9. The number of nitrogens with one attached hydrogen (secondary N) is 1. The van der Waals surface area contributed by atoms with Crippen LogP contribution in [0.1, 0.15) is 19.3 Å². The fourth-order valence-corrected chi connectivity index (χ4v) is 5.06. The molecule has 3 aromatic rings. The monoisotopic (exact) mass is 349 g/mol. The van der Waals surface area contributed by atoms with Crippen LogP contribution >= 0.6 is 11.3 Å². The van der Waals surface area contributed by atoms with Crippen LogP contribution in [0.2, 0.25) is 0 Å². The predicted molar refractivity (Wildman–Crippen MR) is 102 cm³/mol. The SMILES string of the molecule is O=C(Nc1cccc(-c2nc3ccccc3s2)c1)N1CC2CCC1C2. The number of piperidine rings is 1. The first-order chi connectivity index (χ1) is 12.3. The average molecular weight is 349 g/mol. The van der Waals surface area contributed by atoms with Gasteiger partial charge in [0.1, 0.15) is 5.01 Å². The number of urea groups is 1. The van der Waals surface area contributed by atoms with Crippen molar-refractivity contribution in [1.29, 1.82) is 0 Å². The Morgan fingerprint density at radius 2 is 2.08 bits per heavy atom. The molecule has 1 aliphatic carbocycles. The number of nitrogens with zero attached hydrogens (tertiary/aromatic N) is 2. The molecular weight excluding hydrogens is 330 g/mol. The zero-order valence-corrected chi connectivity index (χ0v) is 14.6. The van der Waals surface area contributed by atoms with Gasteiger partial charge < -0.3 is 10.2 Å². The number of carbonyl (C=O) groups is 1. The van der Waals surface area contributed by atoms with Gasteiger partial charge in [0.15, 0.2) is 0 Å². The lowest BCUT2D eigenvalue weighted by molar-refractivity contribution is 0.194. The standard InChI is InChI=1S/C20H19N3OS/c24-20(23-12-13-8-9-16(23)10-13)21-15-5-3-4-14(11-15)19-22-17-6-1-2-7-18(17)25-19/h1-7,11,13,16H,8-10,12H2,(H,21,24). The Labute approximate surface area is 150 Å². The van der Waals surface area contributed by atoms with Gasteiger partial charge in [-0.15, -0.1) is 11.3 Å². The molecule has 0 spiro atoms. The lowest BCUT2D eigenvalue weighted by Crippen LogP contribution is -2.40. The summed E-state index contributed by atoms with van der Waals surface area (Å²) in [6, 6.07) is 16.6. The molecule has 25 heavy (non-hydrogen) atoms. The highest BCUT2D eigenvalue weighted by molar-refractivity contribution is 7.21. The van der Waals surface area contributed by atoms with Crippen molar-refractivity contribution >= 4 is 33.3 Å². The Kier molecular flexibility index (Phi) is 3.48. The van der Waals surface area contributed by atoms with Gasteiger partial charge in [-0.3, -0.25) is 0 Å². The Bertz CT molecular complexity index is 918. The molecule has 1 saturated heterocycles. The van der Waals surface area contributed by atoms with Gasteiger partial charge in [-0.1, -0.05) is 24.3 Å². The summed E-state index contributed by atoms with van der Waals surface area (Å²) >= 11 is 1.68. The molecule has 2 bridgehead atoms. The van der Waals surface area contributed by atoms with Gasteiger partial charge in [0, 0.05) is 23.8 Å². The first-order valence-corrected chi connectivity index (χ1v) is 9.61. The largest absolute Gasteiger partial charge is 0.322 e. The number of benzene rings is 2. The highest BCUT2D eigenvalue weighted by Crippen LogP contribution is 2.37. The third-order valence-electron chi connectivity index (χ3n) is 5.32. The van der Waals surface area contributed by atoms with Crippen LogP contribution in [0.25, 0.3) is 20.8 Å². The topological polar surface area (TPSA) is 45.2 Å². The fourth-order valence-electron chi connectivity index (χ4n) is 4.09. The Morgan fingerprint density at radius 1 is 1.16 bits per heavy atom. The maximum atomic E-state index is 12.6. The van der Waals surface area contributed by atoms with E-state index in [1.165, 1.54) is 17.5 Å². The summed E-state index contributed by atoms with van der Waals surface area (Å²) in [5.41, 5.74) is 2.90. The molecule has 1 aromatic heterocycles. The summed E-state index contributed by atoms with van der Waals surface area (Å²) in [5, 5.41) is 4.06. The normalized spacial score (nSPS) is 21.8. The van der Waals surface area contributed by atoms with Crippen LogP contribution in [0.15, 0.2) is 48.5 Å². The second-order valence-corrected chi connectivity index (χ2v) is 8.01. The smallest absolute Gasteiger partial charge is 0.321 e. The Morgan fingerprint density at radius 3 is 2.88 bits per heavy atom. The number of amides is 2. The molecule has 126 valence electrons. The summed E-state index contributed by atoms with van der Waals surface area (Å²) in [4.78, 5) is 19.3. The second kappa shape index (κ2) is 5.85. The number of hydrogen-bond acceptors (Lipinski definition) is 3. The van der Waals surface area contributed by atoms with Gasteiger partial charge in [-0.25, -0.2) is 9.78 Å². The maximum Gasteiger partial charge on any atom is 0.322 e. The van der Waals surface area contributed by atoms with Crippen LogP contribution in [-0.2, 0) is 0 Å². The van der Waals surface area contributed by atoms with Crippen molar-refractivity contribution in [3.05, 3.63) is 48.5 Å². The highest BCUT2D eigenvalue weighted by atomic mass is 32.1. The summed E-state index contributed by atoms with van der Waals surface area (Å²) in [7, 11) is 0. The number of para-hydroxylation sites is 1. The molecule has 1 N–H and O–H groups in total. The molecule has 2 unspecified atom stereocenters. The summed E-state index contributed by atoms with van der Waals surface area (Å²) in [5.74, 6) is 0.713. The van der Waals surface area contributed by atoms with E-state index < -0.39 is 0 Å². The van der Waals surface area contributed by atoms with Crippen molar-refractivity contribution in [3.63, 3.8) is 0 Å². The van der Waals surface area contributed by atoms with Gasteiger partial charge in [0.25, 0.3) is 0 Å². The number of hydrogen-bond donors (Lipinski definition) is 1.